The second-order valence-corrected chi connectivity index (χ2v) is 14.7. The predicted molar refractivity (Wildman–Crippen MR) is 178 cm³/mol. The first-order chi connectivity index (χ1) is 23.6. The van der Waals surface area contributed by atoms with Gasteiger partial charge in [0.25, 0.3) is 11.6 Å². The number of aromatic amines is 1. The largest absolute Gasteiger partial charge is 0.493 e. The van der Waals surface area contributed by atoms with E-state index in [1.165, 1.54) is 60.5 Å². The molecule has 1 saturated heterocycles. The van der Waals surface area contributed by atoms with Crippen LogP contribution in [0.4, 0.5) is 21.5 Å². The predicted octanol–water partition coefficient (Wildman–Crippen LogP) is 5.19. The third kappa shape index (κ3) is 5.10. The number of hydrogen-bond acceptors (Lipinski definition) is 10. The van der Waals surface area contributed by atoms with Crippen LogP contribution in [0.5, 0.6) is 11.5 Å². The van der Waals surface area contributed by atoms with Crippen molar-refractivity contribution in [2.24, 2.45) is 29.6 Å². The smallest absolute Gasteiger partial charge is 0.305 e. The summed E-state index contributed by atoms with van der Waals surface area (Å²) in [6.45, 7) is -0.324. The molecule has 15 heteroatoms. The minimum absolute atomic E-state index is 0.0420. The number of halogens is 1. The van der Waals surface area contributed by atoms with E-state index in [9.17, 15) is 33.7 Å². The molecule has 3 aromatic carbocycles. The van der Waals surface area contributed by atoms with Gasteiger partial charge in [0.2, 0.25) is 11.8 Å². The number of ether oxygens (including phenoxy) is 2. The van der Waals surface area contributed by atoms with Gasteiger partial charge in [0.1, 0.15) is 5.82 Å². The Hall–Kier alpha value is -5.02. The van der Waals surface area contributed by atoms with Crippen LogP contribution in [0.3, 0.4) is 0 Å². The summed E-state index contributed by atoms with van der Waals surface area (Å²) in [6, 6.07) is 16.2. The molecule has 4 aromatic rings. The summed E-state index contributed by atoms with van der Waals surface area (Å²) in [5.41, 5.74) is 1.46. The van der Waals surface area contributed by atoms with Crippen molar-refractivity contribution in [2.75, 3.05) is 23.9 Å². The number of nitro groups is 1. The number of carbonyl (C=O) groups is 3. The van der Waals surface area contributed by atoms with E-state index in [4.69, 9.17) is 9.47 Å². The lowest BCUT2D eigenvalue weighted by Crippen LogP contribution is -2.42. The van der Waals surface area contributed by atoms with Gasteiger partial charge in [-0.1, -0.05) is 17.4 Å². The maximum Gasteiger partial charge on any atom is 0.305 e. The summed E-state index contributed by atoms with van der Waals surface area (Å²) >= 11 is 2.70. The van der Waals surface area contributed by atoms with Crippen molar-refractivity contribution in [3.8, 4) is 11.5 Å². The number of nitro benzene ring substituents is 1. The molecule has 0 radical (unpaired) electrons. The van der Waals surface area contributed by atoms with E-state index in [1.807, 2.05) is 12.1 Å². The number of H-pyrrole nitrogens is 1. The number of methoxy groups -OCH3 is 1. The minimum Gasteiger partial charge on any atom is -0.493 e. The van der Waals surface area contributed by atoms with Crippen LogP contribution in [0.2, 0.25) is 0 Å². The fourth-order valence-electron chi connectivity index (χ4n) is 8.24. The van der Waals surface area contributed by atoms with E-state index in [1.54, 1.807) is 17.8 Å². The van der Waals surface area contributed by atoms with Gasteiger partial charge in [0.15, 0.2) is 18.1 Å². The van der Waals surface area contributed by atoms with Gasteiger partial charge in [-0.3, -0.25) is 34.2 Å². The van der Waals surface area contributed by atoms with E-state index < -0.39 is 28.5 Å². The molecule has 3 heterocycles. The van der Waals surface area contributed by atoms with Crippen LogP contribution < -0.4 is 24.6 Å². The molecule has 2 saturated carbocycles. The number of benzene rings is 3. The summed E-state index contributed by atoms with van der Waals surface area (Å²) in [4.78, 5) is 68.5. The molecule has 8 rings (SSSR count). The van der Waals surface area contributed by atoms with Crippen LogP contribution in [0.25, 0.3) is 0 Å². The number of thiazole rings is 1. The molecule has 12 nitrogen and oxygen atoms in total. The molecule has 0 unspecified atom stereocenters. The first-order valence-corrected chi connectivity index (χ1v) is 17.2. The van der Waals surface area contributed by atoms with Crippen molar-refractivity contribution in [1.82, 2.24) is 4.98 Å². The first-order valence-electron chi connectivity index (χ1n) is 15.5. The summed E-state index contributed by atoms with van der Waals surface area (Å²) < 4.78 is 24.7. The number of nitrogens with one attached hydrogen (secondary N) is 2. The second-order valence-electron chi connectivity index (χ2n) is 12.5. The Kier molecular flexibility index (Phi) is 7.55. The van der Waals surface area contributed by atoms with E-state index in [2.05, 4.69) is 10.3 Å². The fourth-order valence-corrected chi connectivity index (χ4v) is 11.1. The number of non-ortho nitro benzene ring substituents is 1. The molecule has 2 N–H and O–H groups in total. The molecule has 3 fully saturated rings. The number of imide groups is 1. The van der Waals surface area contributed by atoms with E-state index >= 15 is 0 Å². The van der Waals surface area contributed by atoms with Crippen LogP contribution >= 0.6 is 23.1 Å². The van der Waals surface area contributed by atoms with E-state index in [0.29, 0.717) is 29.3 Å². The number of anilines is 2. The standard InChI is InChI=1S/C34H27FN4O8S2/c1-46-23-12-15(2-11-22(23)47-14-24(40)36-17-5-3-16(35)4-6-17)25-26-20-13-21(29(26)48-31-30(25)49-34(43)37-31)28-27(20)32(41)38(33(28)42)18-7-9-19(10-8-18)39(44)45/h2-12,20-21,25-29H,13-14H2,1H3,(H,36,40)(H,37,43)/t20-,21-,25+,26-,27+,28+,29-/m1/s1. The summed E-state index contributed by atoms with van der Waals surface area (Å²) in [5, 5.41) is 14.5. The Bertz CT molecular complexity index is 2080. The van der Waals surface area contributed by atoms with Crippen LogP contribution in [0.1, 0.15) is 22.8 Å². The van der Waals surface area contributed by atoms with Gasteiger partial charge >= 0.3 is 4.87 Å². The van der Waals surface area contributed by atoms with Gasteiger partial charge in [-0.2, -0.15) is 0 Å². The van der Waals surface area contributed by atoms with Gasteiger partial charge < -0.3 is 19.8 Å². The molecule has 2 bridgehead atoms. The number of amides is 3. The quantitative estimate of drug-likeness (QED) is 0.143. The molecular formula is C34H27FN4O8S2. The maximum absolute atomic E-state index is 14.0. The average Bonchev–Trinajstić information content (AvgIpc) is 3.83. The van der Waals surface area contributed by atoms with Gasteiger partial charge in [-0.25, -0.2) is 4.39 Å². The highest BCUT2D eigenvalue weighted by molar-refractivity contribution is 8.00. The zero-order valence-electron chi connectivity index (χ0n) is 25.7. The molecule has 2 aliphatic carbocycles. The van der Waals surface area contributed by atoms with Crippen molar-refractivity contribution in [3.05, 3.63) is 103 Å². The van der Waals surface area contributed by atoms with Crippen molar-refractivity contribution in [3.63, 3.8) is 0 Å². The first kappa shape index (κ1) is 31.3. The Morgan fingerprint density at radius 2 is 1.73 bits per heavy atom. The molecule has 3 amide bonds. The monoisotopic (exact) mass is 702 g/mol. The lowest BCUT2D eigenvalue weighted by atomic mass is 9.68. The van der Waals surface area contributed by atoms with Crippen LogP contribution in [0, 0.1) is 45.5 Å². The zero-order valence-corrected chi connectivity index (χ0v) is 27.3. The molecule has 250 valence electrons. The topological polar surface area (TPSA) is 161 Å². The molecule has 7 atom stereocenters. The highest BCUT2D eigenvalue weighted by Crippen LogP contribution is 2.68. The van der Waals surface area contributed by atoms with Crippen molar-refractivity contribution >= 4 is 57.9 Å². The van der Waals surface area contributed by atoms with Gasteiger partial charge in [0, 0.05) is 33.9 Å². The fraction of sp³-hybridized carbons (Fsp3) is 0.294. The van der Waals surface area contributed by atoms with Gasteiger partial charge in [0.05, 0.1) is 34.6 Å². The highest BCUT2D eigenvalue weighted by atomic mass is 32.2. The number of hydrogen-bond donors (Lipinski definition) is 2. The van der Waals surface area contributed by atoms with Gasteiger partial charge in [-0.15, -0.1) is 11.8 Å². The number of nitrogens with zero attached hydrogens (tertiary/aromatic N) is 2. The van der Waals surface area contributed by atoms with Crippen LogP contribution in [0.15, 0.2) is 76.6 Å². The Morgan fingerprint density at radius 3 is 2.43 bits per heavy atom. The summed E-state index contributed by atoms with van der Waals surface area (Å²) in [5.74, 6) is -2.39. The van der Waals surface area contributed by atoms with Crippen LogP contribution in [-0.4, -0.2) is 46.6 Å². The maximum atomic E-state index is 14.0. The molecular weight excluding hydrogens is 676 g/mol. The third-order valence-electron chi connectivity index (χ3n) is 10.1. The number of thioether (sulfide) groups is 1. The Morgan fingerprint density at radius 1 is 1.02 bits per heavy atom. The molecule has 2 aliphatic heterocycles. The summed E-state index contributed by atoms with van der Waals surface area (Å²) in [7, 11) is 1.49. The molecule has 4 aliphatic rings. The molecule has 0 spiro atoms. The molecule has 49 heavy (non-hydrogen) atoms. The Balaban J connectivity index is 1.08. The minimum atomic E-state index is -0.543. The van der Waals surface area contributed by atoms with Crippen molar-refractivity contribution in [1.29, 1.82) is 0 Å². The SMILES string of the molecule is COc1cc([C@@H]2c3sc(=O)[nH]c3S[C@@H]3[C@@H]4C[C@@H]([C@@H]5C(=O)N(c6ccc([N+](=O)[O-])cc6)C(=O)[C@@H]45)[C@H]23)ccc1OCC(=O)Nc1ccc(F)cc1. The van der Waals surface area contributed by atoms with E-state index in [-0.39, 0.29) is 57.9 Å². The van der Waals surface area contributed by atoms with E-state index in [0.717, 1.165) is 26.8 Å². The zero-order chi connectivity index (χ0) is 34.1. The van der Waals surface area contributed by atoms with Gasteiger partial charge in [-0.05, 0) is 78.3 Å². The lowest BCUT2D eigenvalue weighted by Gasteiger charge is -2.43. The van der Waals surface area contributed by atoms with Crippen molar-refractivity contribution in [2.45, 2.75) is 22.6 Å². The third-order valence-corrected chi connectivity index (χ3v) is 12.7. The number of rotatable bonds is 8. The summed E-state index contributed by atoms with van der Waals surface area (Å²) in [6.07, 6.45) is 0.695. The lowest BCUT2D eigenvalue weighted by molar-refractivity contribution is -0.384. The normalized spacial score (nSPS) is 26.2. The van der Waals surface area contributed by atoms with Crippen molar-refractivity contribution < 1.29 is 33.2 Å². The highest BCUT2D eigenvalue weighted by Gasteiger charge is 2.69. The Labute approximate surface area is 285 Å². The second kappa shape index (κ2) is 11.8. The number of carbonyl (C=O) groups excluding carboxylic acids is 3. The van der Waals surface area contributed by atoms with Crippen LogP contribution in [-0.2, 0) is 14.4 Å². The number of aromatic nitrogens is 1. The number of fused-ring (bicyclic) bond motifs is 9. The average molecular weight is 703 g/mol. The molecule has 1 aromatic heterocycles.